The van der Waals surface area contributed by atoms with E-state index in [1.54, 1.807) is 18.4 Å². The zero-order valence-corrected chi connectivity index (χ0v) is 13.3. The van der Waals surface area contributed by atoms with Crippen LogP contribution in [0.1, 0.15) is 24.1 Å². The summed E-state index contributed by atoms with van der Waals surface area (Å²) in [6.45, 7) is 3.06. The molecule has 4 heteroatoms. The first-order valence-electron chi connectivity index (χ1n) is 6.73. The molecule has 0 saturated heterocycles. The Balaban J connectivity index is 2.34. The van der Waals surface area contributed by atoms with Gasteiger partial charge in [0.1, 0.15) is 5.75 Å². The van der Waals surface area contributed by atoms with E-state index in [0.29, 0.717) is 0 Å². The minimum Gasteiger partial charge on any atom is -0.496 e. The number of rotatable bonds is 6. The summed E-state index contributed by atoms with van der Waals surface area (Å²) in [6, 6.07) is 8.63. The van der Waals surface area contributed by atoms with Gasteiger partial charge in [0.25, 0.3) is 0 Å². The molecule has 1 unspecified atom stereocenters. The molecule has 2 rings (SSSR count). The number of methoxy groups -OCH3 is 1. The van der Waals surface area contributed by atoms with Crippen LogP contribution in [0.3, 0.4) is 0 Å². The fraction of sp³-hybridized carbons (Fsp3) is 0.375. The van der Waals surface area contributed by atoms with Crippen LogP contribution in [0.5, 0.6) is 5.75 Å². The molecule has 1 heterocycles. The molecule has 3 nitrogen and oxygen atoms in total. The Bertz CT molecular complexity index is 539. The molecule has 2 aromatic rings. The molecule has 1 aromatic heterocycles. The molecule has 0 fully saturated rings. The van der Waals surface area contributed by atoms with Crippen LogP contribution in [-0.4, -0.2) is 21.2 Å². The second-order valence-electron chi connectivity index (χ2n) is 4.89. The summed E-state index contributed by atoms with van der Waals surface area (Å²) in [5, 5.41) is 7.61. The van der Waals surface area contributed by atoms with E-state index in [2.05, 4.69) is 47.1 Å². The first kappa shape index (κ1) is 14.9. The van der Waals surface area contributed by atoms with Gasteiger partial charge in [-0.2, -0.15) is 11.3 Å². The number of thiophene rings is 1. The van der Waals surface area contributed by atoms with Gasteiger partial charge in [-0.3, -0.25) is 0 Å². The summed E-state index contributed by atoms with van der Waals surface area (Å²) in [6.07, 6.45) is 0. The maximum atomic E-state index is 5.53. The van der Waals surface area contributed by atoms with Gasteiger partial charge in [-0.1, -0.05) is 6.07 Å². The van der Waals surface area contributed by atoms with E-state index in [9.17, 15) is 0 Å². The molecule has 0 aliphatic carbocycles. The molecular weight excluding hydrogens is 268 g/mol. The molecular formula is C16H22N2OS. The summed E-state index contributed by atoms with van der Waals surface area (Å²) in [4.78, 5) is 2.27. The summed E-state index contributed by atoms with van der Waals surface area (Å²) in [5.41, 5.74) is 3.75. The third-order valence-corrected chi connectivity index (χ3v) is 4.27. The second-order valence-corrected chi connectivity index (χ2v) is 5.67. The average Bonchev–Trinajstić information content (AvgIpc) is 2.98. The largest absolute Gasteiger partial charge is 0.496 e. The number of ether oxygens (including phenoxy) is 1. The highest BCUT2D eigenvalue weighted by Crippen LogP contribution is 2.34. The molecule has 0 radical (unpaired) electrons. The highest BCUT2D eigenvalue weighted by atomic mass is 32.1. The minimum absolute atomic E-state index is 0.242. The third-order valence-electron chi connectivity index (χ3n) is 3.54. The van der Waals surface area contributed by atoms with Crippen LogP contribution in [0.15, 0.2) is 35.0 Å². The monoisotopic (exact) mass is 290 g/mol. The Morgan fingerprint density at radius 2 is 2.15 bits per heavy atom. The van der Waals surface area contributed by atoms with Gasteiger partial charge < -0.3 is 15.0 Å². The highest BCUT2D eigenvalue weighted by molar-refractivity contribution is 7.07. The second kappa shape index (κ2) is 6.77. The molecule has 108 valence electrons. The predicted octanol–water partition coefficient (Wildman–Crippen LogP) is 3.67. The number of anilines is 1. The standard InChI is InChI=1S/C16H22N2OS/c1-12(17-2)16-14(6-5-7-15(16)19-4)18(3)10-13-8-9-20-11-13/h5-9,11-12,17H,10H2,1-4H3. The first-order valence-corrected chi connectivity index (χ1v) is 7.68. The lowest BCUT2D eigenvalue weighted by Crippen LogP contribution is -2.22. The zero-order chi connectivity index (χ0) is 14.5. The lowest BCUT2D eigenvalue weighted by Gasteiger charge is -2.26. The van der Waals surface area contributed by atoms with Gasteiger partial charge in [-0.15, -0.1) is 0 Å². The van der Waals surface area contributed by atoms with Crippen LogP contribution >= 0.6 is 11.3 Å². The van der Waals surface area contributed by atoms with Gasteiger partial charge in [-0.25, -0.2) is 0 Å². The van der Waals surface area contributed by atoms with Crippen molar-refractivity contribution in [1.29, 1.82) is 0 Å². The molecule has 0 saturated carbocycles. The molecule has 0 bridgehead atoms. The molecule has 20 heavy (non-hydrogen) atoms. The minimum atomic E-state index is 0.242. The fourth-order valence-corrected chi connectivity index (χ4v) is 3.02. The van der Waals surface area contributed by atoms with Crippen molar-refractivity contribution in [3.8, 4) is 5.75 Å². The topological polar surface area (TPSA) is 24.5 Å². The maximum Gasteiger partial charge on any atom is 0.125 e. The van der Waals surface area contributed by atoms with Gasteiger partial charge in [0.2, 0.25) is 0 Å². The highest BCUT2D eigenvalue weighted by Gasteiger charge is 2.17. The van der Waals surface area contributed by atoms with Crippen molar-refractivity contribution in [2.45, 2.75) is 19.5 Å². The fourth-order valence-electron chi connectivity index (χ4n) is 2.36. The molecule has 0 spiro atoms. The smallest absolute Gasteiger partial charge is 0.125 e. The summed E-state index contributed by atoms with van der Waals surface area (Å²) in [7, 11) is 5.82. The van der Waals surface area contributed by atoms with Crippen molar-refractivity contribution in [3.63, 3.8) is 0 Å². The zero-order valence-electron chi connectivity index (χ0n) is 12.5. The van der Waals surface area contributed by atoms with Crippen LogP contribution in [0.25, 0.3) is 0 Å². The number of hydrogen-bond acceptors (Lipinski definition) is 4. The van der Waals surface area contributed by atoms with Crippen LogP contribution < -0.4 is 15.0 Å². The third kappa shape index (κ3) is 3.14. The van der Waals surface area contributed by atoms with E-state index in [1.165, 1.54) is 16.8 Å². The molecule has 1 atom stereocenters. The number of nitrogens with zero attached hydrogens (tertiary/aromatic N) is 1. The Morgan fingerprint density at radius 3 is 2.75 bits per heavy atom. The van der Waals surface area contributed by atoms with Gasteiger partial charge in [0.15, 0.2) is 0 Å². The average molecular weight is 290 g/mol. The first-order chi connectivity index (χ1) is 9.67. The van der Waals surface area contributed by atoms with Crippen molar-refractivity contribution in [1.82, 2.24) is 5.32 Å². The SMILES string of the molecule is CNC(C)c1c(OC)cccc1N(C)Cc1ccsc1. The molecule has 0 aliphatic rings. The van der Waals surface area contributed by atoms with Gasteiger partial charge in [0.05, 0.1) is 7.11 Å². The Morgan fingerprint density at radius 1 is 1.35 bits per heavy atom. The van der Waals surface area contributed by atoms with Crippen molar-refractivity contribution in [3.05, 3.63) is 46.2 Å². The van der Waals surface area contributed by atoms with Crippen molar-refractivity contribution < 1.29 is 4.74 Å². The summed E-state index contributed by atoms with van der Waals surface area (Å²) < 4.78 is 5.53. The van der Waals surface area contributed by atoms with Crippen molar-refractivity contribution >= 4 is 17.0 Å². The summed E-state index contributed by atoms with van der Waals surface area (Å²) in [5.74, 6) is 0.932. The quantitative estimate of drug-likeness (QED) is 0.878. The number of nitrogens with one attached hydrogen (secondary N) is 1. The van der Waals surface area contributed by atoms with Crippen LogP contribution in [0, 0.1) is 0 Å². The Labute approximate surface area is 125 Å². The van der Waals surface area contributed by atoms with E-state index in [4.69, 9.17) is 4.74 Å². The summed E-state index contributed by atoms with van der Waals surface area (Å²) >= 11 is 1.74. The number of hydrogen-bond donors (Lipinski definition) is 1. The molecule has 1 N–H and O–H groups in total. The van der Waals surface area contributed by atoms with E-state index in [0.717, 1.165) is 12.3 Å². The van der Waals surface area contributed by atoms with Crippen LogP contribution in [-0.2, 0) is 6.54 Å². The molecule has 1 aromatic carbocycles. The number of benzene rings is 1. The van der Waals surface area contributed by atoms with Crippen LogP contribution in [0.4, 0.5) is 5.69 Å². The van der Waals surface area contributed by atoms with Gasteiger partial charge >= 0.3 is 0 Å². The normalized spacial score (nSPS) is 12.2. The van der Waals surface area contributed by atoms with Gasteiger partial charge in [0, 0.05) is 30.9 Å². The van der Waals surface area contributed by atoms with Crippen molar-refractivity contribution in [2.24, 2.45) is 0 Å². The van der Waals surface area contributed by atoms with E-state index < -0.39 is 0 Å². The van der Waals surface area contributed by atoms with Gasteiger partial charge in [-0.05, 0) is 48.5 Å². The lowest BCUT2D eigenvalue weighted by molar-refractivity contribution is 0.404. The maximum absolute atomic E-state index is 5.53. The van der Waals surface area contributed by atoms with Crippen LogP contribution in [0.2, 0.25) is 0 Å². The Kier molecular flexibility index (Phi) is 5.04. The van der Waals surface area contributed by atoms with Crippen molar-refractivity contribution in [2.75, 3.05) is 26.1 Å². The molecule has 0 aliphatic heterocycles. The van der Waals surface area contributed by atoms with E-state index in [1.807, 2.05) is 19.2 Å². The molecule has 0 amide bonds. The Hall–Kier alpha value is -1.52. The predicted molar refractivity (Wildman–Crippen MR) is 86.9 cm³/mol. The van der Waals surface area contributed by atoms with E-state index in [-0.39, 0.29) is 6.04 Å². The lowest BCUT2D eigenvalue weighted by atomic mass is 10.0. The van der Waals surface area contributed by atoms with E-state index >= 15 is 0 Å².